The molecule has 1 atom stereocenters. The zero-order valence-corrected chi connectivity index (χ0v) is 14.4. The van der Waals surface area contributed by atoms with E-state index in [0.717, 1.165) is 17.9 Å². The topological polar surface area (TPSA) is 59.5 Å². The van der Waals surface area contributed by atoms with Crippen LogP contribution in [0.15, 0.2) is 24.4 Å². The summed E-state index contributed by atoms with van der Waals surface area (Å²) in [5.74, 6) is 1.20. The molecule has 1 aromatic heterocycles. The smallest absolute Gasteiger partial charge is 0.214 e. The van der Waals surface area contributed by atoms with Crippen molar-refractivity contribution >= 4 is 21.8 Å². The number of thioether (sulfide) groups is 1. The summed E-state index contributed by atoms with van der Waals surface area (Å²) in [5, 5.41) is 0. The number of hydrogen-bond donors (Lipinski definition) is 0. The Bertz CT molecular complexity index is 600. The highest BCUT2D eigenvalue weighted by molar-refractivity contribution is 8.01. The van der Waals surface area contributed by atoms with Gasteiger partial charge in [0, 0.05) is 29.8 Å². The van der Waals surface area contributed by atoms with E-state index in [9.17, 15) is 8.42 Å². The molecule has 22 heavy (non-hydrogen) atoms. The van der Waals surface area contributed by atoms with Crippen molar-refractivity contribution in [2.75, 3.05) is 24.6 Å². The van der Waals surface area contributed by atoms with Gasteiger partial charge in [0.25, 0.3) is 0 Å². The largest absolute Gasteiger partial charge is 0.371 e. The van der Waals surface area contributed by atoms with E-state index in [1.54, 1.807) is 10.5 Å². The van der Waals surface area contributed by atoms with Crippen molar-refractivity contribution in [1.82, 2.24) is 9.29 Å². The second kappa shape index (κ2) is 6.47. The van der Waals surface area contributed by atoms with Crippen LogP contribution in [0.1, 0.15) is 25.5 Å². The van der Waals surface area contributed by atoms with Crippen molar-refractivity contribution in [2.45, 2.75) is 37.2 Å². The third-order valence-electron chi connectivity index (χ3n) is 4.15. The first-order valence-corrected chi connectivity index (χ1v) is 10.3. The van der Waals surface area contributed by atoms with Gasteiger partial charge in [-0.05, 0) is 25.0 Å². The van der Waals surface area contributed by atoms with E-state index in [1.807, 2.05) is 36.9 Å². The summed E-state index contributed by atoms with van der Waals surface area (Å²) in [4.78, 5) is 4.26. The van der Waals surface area contributed by atoms with Crippen LogP contribution >= 0.6 is 11.8 Å². The molecule has 0 aliphatic carbocycles. The van der Waals surface area contributed by atoms with Gasteiger partial charge in [0.15, 0.2) is 0 Å². The van der Waals surface area contributed by atoms with Crippen molar-refractivity contribution in [3.05, 3.63) is 30.1 Å². The zero-order valence-electron chi connectivity index (χ0n) is 12.8. The molecular weight excluding hydrogens is 320 g/mol. The Morgan fingerprint density at radius 3 is 2.95 bits per heavy atom. The Morgan fingerprint density at radius 1 is 1.45 bits per heavy atom. The highest BCUT2D eigenvalue weighted by Gasteiger charge is 2.52. The lowest BCUT2D eigenvalue weighted by atomic mass is 9.95. The minimum atomic E-state index is -3.04. The van der Waals surface area contributed by atoms with Gasteiger partial charge in [0.2, 0.25) is 10.0 Å². The fourth-order valence-electron chi connectivity index (χ4n) is 3.00. The summed E-state index contributed by atoms with van der Waals surface area (Å²) in [7, 11) is -3.04. The van der Waals surface area contributed by atoms with Gasteiger partial charge in [0.05, 0.1) is 24.2 Å². The van der Waals surface area contributed by atoms with Gasteiger partial charge in [-0.25, -0.2) is 8.42 Å². The number of sulfonamides is 1. The van der Waals surface area contributed by atoms with Crippen LogP contribution in [0, 0.1) is 0 Å². The van der Waals surface area contributed by atoms with Crippen LogP contribution in [0.25, 0.3) is 0 Å². The van der Waals surface area contributed by atoms with E-state index in [1.165, 1.54) is 0 Å². The van der Waals surface area contributed by atoms with Crippen LogP contribution in [0.3, 0.4) is 0 Å². The Balaban J connectivity index is 1.48. The van der Waals surface area contributed by atoms with E-state index in [-0.39, 0.29) is 16.6 Å². The molecule has 2 aliphatic rings. The lowest BCUT2D eigenvalue weighted by Crippen LogP contribution is -2.61. The average molecular weight is 342 g/mol. The molecule has 3 rings (SSSR count). The van der Waals surface area contributed by atoms with Crippen LogP contribution in [0.2, 0.25) is 0 Å². The van der Waals surface area contributed by atoms with E-state index >= 15 is 0 Å². The number of aromatic nitrogens is 1. The highest BCUT2D eigenvalue weighted by atomic mass is 32.2. The molecule has 7 heteroatoms. The first-order valence-electron chi connectivity index (χ1n) is 7.66. The van der Waals surface area contributed by atoms with Gasteiger partial charge >= 0.3 is 0 Å². The lowest BCUT2D eigenvalue weighted by Gasteiger charge is -2.46. The average Bonchev–Trinajstić information content (AvgIpc) is 2.89. The maximum atomic E-state index is 12.0. The first kappa shape index (κ1) is 16.2. The van der Waals surface area contributed by atoms with Crippen LogP contribution in [-0.4, -0.2) is 53.2 Å². The quantitative estimate of drug-likeness (QED) is 0.790. The summed E-state index contributed by atoms with van der Waals surface area (Å²) in [6.07, 6.45) is 3.58. The fourth-order valence-corrected chi connectivity index (χ4v) is 6.37. The van der Waals surface area contributed by atoms with Gasteiger partial charge in [-0.1, -0.05) is 13.0 Å². The second-order valence-electron chi connectivity index (χ2n) is 6.04. The molecule has 0 radical (unpaired) electrons. The van der Waals surface area contributed by atoms with Crippen molar-refractivity contribution in [2.24, 2.45) is 0 Å². The SMILES string of the molecule is CCCS(=O)(=O)N1CC2(CC(OCc3ccccn3)CS2)C1. The number of nitrogens with zero attached hydrogens (tertiary/aromatic N) is 2. The number of pyridine rings is 1. The standard InChI is InChI=1S/C15H22N2O3S2/c1-2-7-22(18,19)17-11-15(12-17)8-14(10-21-15)20-9-13-5-3-4-6-16-13/h3-6,14H,2,7-12H2,1H3. The third kappa shape index (κ3) is 3.48. The van der Waals surface area contributed by atoms with Crippen LogP contribution < -0.4 is 0 Å². The normalized spacial score (nSPS) is 24.5. The minimum absolute atomic E-state index is 0.0790. The van der Waals surface area contributed by atoms with Crippen LogP contribution in [0.5, 0.6) is 0 Å². The summed E-state index contributed by atoms with van der Waals surface area (Å²) in [6, 6.07) is 5.81. The summed E-state index contributed by atoms with van der Waals surface area (Å²) >= 11 is 1.86. The molecular formula is C15H22N2O3S2. The van der Waals surface area contributed by atoms with Gasteiger partial charge in [0.1, 0.15) is 0 Å². The summed E-state index contributed by atoms with van der Waals surface area (Å²) in [5.41, 5.74) is 0.939. The van der Waals surface area contributed by atoms with E-state index in [2.05, 4.69) is 4.98 Å². The van der Waals surface area contributed by atoms with Gasteiger partial charge in [-0.3, -0.25) is 4.98 Å². The molecule has 1 unspecified atom stereocenters. The molecule has 0 amide bonds. The van der Waals surface area contributed by atoms with Gasteiger partial charge < -0.3 is 4.74 Å². The molecule has 0 N–H and O–H groups in total. The van der Waals surface area contributed by atoms with E-state index < -0.39 is 10.0 Å². The Hall–Kier alpha value is -0.630. The summed E-state index contributed by atoms with van der Waals surface area (Å²) < 4.78 is 31.7. The molecule has 0 aromatic carbocycles. The van der Waals surface area contributed by atoms with Gasteiger partial charge in [-0.2, -0.15) is 4.31 Å². The van der Waals surface area contributed by atoms with E-state index in [4.69, 9.17) is 4.74 Å². The fraction of sp³-hybridized carbons (Fsp3) is 0.667. The molecule has 2 saturated heterocycles. The van der Waals surface area contributed by atoms with Crippen LogP contribution in [0.4, 0.5) is 0 Å². The van der Waals surface area contributed by atoms with Crippen molar-refractivity contribution < 1.29 is 13.2 Å². The minimum Gasteiger partial charge on any atom is -0.371 e. The van der Waals surface area contributed by atoms with Crippen molar-refractivity contribution in [3.63, 3.8) is 0 Å². The van der Waals surface area contributed by atoms with E-state index in [0.29, 0.717) is 26.1 Å². The number of hydrogen-bond acceptors (Lipinski definition) is 5. The molecule has 2 aliphatic heterocycles. The Labute approximate surface area is 136 Å². The van der Waals surface area contributed by atoms with Crippen molar-refractivity contribution in [1.29, 1.82) is 0 Å². The maximum absolute atomic E-state index is 12.0. The lowest BCUT2D eigenvalue weighted by molar-refractivity contribution is 0.0380. The van der Waals surface area contributed by atoms with Gasteiger partial charge in [-0.15, -0.1) is 11.8 Å². The molecule has 3 heterocycles. The monoisotopic (exact) mass is 342 g/mol. The highest BCUT2D eigenvalue weighted by Crippen LogP contribution is 2.47. The predicted molar refractivity (Wildman–Crippen MR) is 88.3 cm³/mol. The first-order chi connectivity index (χ1) is 10.5. The summed E-state index contributed by atoms with van der Waals surface area (Å²) in [6.45, 7) is 3.71. The zero-order chi connectivity index (χ0) is 15.6. The predicted octanol–water partition coefficient (Wildman–Crippen LogP) is 1.90. The number of ether oxygens (including phenoxy) is 1. The second-order valence-corrected chi connectivity index (χ2v) is 9.61. The number of rotatable bonds is 6. The van der Waals surface area contributed by atoms with Crippen LogP contribution in [-0.2, 0) is 21.4 Å². The maximum Gasteiger partial charge on any atom is 0.214 e. The third-order valence-corrected chi connectivity index (χ3v) is 7.70. The molecule has 122 valence electrons. The molecule has 0 saturated carbocycles. The Kier molecular flexibility index (Phi) is 4.77. The Morgan fingerprint density at radius 2 is 2.27 bits per heavy atom. The van der Waals surface area contributed by atoms with Crippen molar-refractivity contribution in [3.8, 4) is 0 Å². The molecule has 1 spiro atoms. The molecule has 1 aromatic rings. The molecule has 2 fully saturated rings. The molecule has 0 bridgehead atoms. The molecule has 5 nitrogen and oxygen atoms in total.